The summed E-state index contributed by atoms with van der Waals surface area (Å²) < 4.78 is 26.0. The zero-order valence-corrected chi connectivity index (χ0v) is 10.9. The summed E-state index contributed by atoms with van der Waals surface area (Å²) in [6.07, 6.45) is 1.66. The average molecular weight is 298 g/mol. The van der Waals surface area contributed by atoms with E-state index in [0.717, 1.165) is 23.9 Å². The number of benzene rings is 1. The van der Waals surface area contributed by atoms with Crippen LogP contribution in [0, 0.1) is 11.6 Å². The summed E-state index contributed by atoms with van der Waals surface area (Å²) in [7, 11) is 0. The van der Waals surface area contributed by atoms with Crippen molar-refractivity contribution >= 4 is 23.1 Å². The van der Waals surface area contributed by atoms with Crippen molar-refractivity contribution in [3.8, 4) is 5.88 Å². The lowest BCUT2D eigenvalue weighted by atomic mass is 10.3. The van der Waals surface area contributed by atoms with E-state index in [0.29, 0.717) is 6.07 Å². The predicted octanol–water partition coefficient (Wildman–Crippen LogP) is 2.89. The molecule has 0 unspecified atom stereocenters. The third kappa shape index (κ3) is 2.99. The highest BCUT2D eigenvalue weighted by Crippen LogP contribution is 2.25. The van der Waals surface area contributed by atoms with Gasteiger partial charge in [-0.1, -0.05) is 11.8 Å². The maximum atomic E-state index is 13.3. The minimum Gasteiger partial charge on any atom is -0.491 e. The Balaban J connectivity index is 2.39. The number of halogens is 2. The fourth-order valence-electron chi connectivity index (χ4n) is 1.29. The van der Waals surface area contributed by atoms with Gasteiger partial charge in [-0.05, 0) is 18.4 Å². The number of nitrogens with zero attached hydrogens (tertiary/aromatic N) is 3. The molecule has 2 rings (SSSR count). The Morgan fingerprint density at radius 2 is 2.10 bits per heavy atom. The molecule has 0 aliphatic rings. The summed E-state index contributed by atoms with van der Waals surface area (Å²) in [5.41, 5.74) is -1.43. The van der Waals surface area contributed by atoms with E-state index in [2.05, 4.69) is 20.2 Å². The molecule has 0 spiro atoms. The van der Waals surface area contributed by atoms with Gasteiger partial charge in [0.1, 0.15) is 11.5 Å². The van der Waals surface area contributed by atoms with Gasteiger partial charge in [-0.2, -0.15) is 4.98 Å². The fraction of sp³-hybridized carbons (Fsp3) is 0.0909. The fourth-order valence-corrected chi connectivity index (χ4v) is 1.66. The first-order valence-corrected chi connectivity index (χ1v) is 6.48. The van der Waals surface area contributed by atoms with E-state index in [4.69, 9.17) is 0 Å². The number of hydrogen-bond donors (Lipinski definition) is 2. The second-order valence-corrected chi connectivity index (χ2v) is 4.34. The number of H-pyrrole nitrogens is 1. The van der Waals surface area contributed by atoms with Crippen LogP contribution in [0.2, 0.25) is 0 Å². The molecule has 1 heterocycles. The molecule has 0 radical (unpaired) electrons. The Kier molecular flexibility index (Phi) is 4.08. The van der Waals surface area contributed by atoms with Crippen molar-refractivity contribution in [2.75, 3.05) is 6.26 Å². The minimum absolute atomic E-state index is 0.208. The number of nitrogens with one attached hydrogen (secondary N) is 1. The molecule has 2 aromatic rings. The molecule has 1 aromatic heterocycles. The molecule has 20 heavy (non-hydrogen) atoms. The molecule has 0 bridgehead atoms. The highest BCUT2D eigenvalue weighted by molar-refractivity contribution is 7.98. The zero-order chi connectivity index (χ0) is 14.7. The molecule has 0 atom stereocenters. The van der Waals surface area contributed by atoms with Crippen LogP contribution in [-0.2, 0) is 0 Å². The van der Waals surface area contributed by atoms with Crippen LogP contribution in [0.5, 0.6) is 5.88 Å². The molecule has 6 nitrogen and oxygen atoms in total. The van der Waals surface area contributed by atoms with Crippen LogP contribution in [0.25, 0.3) is 0 Å². The minimum atomic E-state index is -0.932. The first kappa shape index (κ1) is 14.1. The number of aromatic amines is 1. The Hall–Kier alpha value is -2.29. The molecule has 0 aliphatic carbocycles. The van der Waals surface area contributed by atoms with E-state index in [1.165, 1.54) is 0 Å². The Labute approximate surface area is 115 Å². The van der Waals surface area contributed by atoms with Gasteiger partial charge in [0.25, 0.3) is 5.56 Å². The van der Waals surface area contributed by atoms with Gasteiger partial charge in [-0.3, -0.25) is 9.78 Å². The summed E-state index contributed by atoms with van der Waals surface area (Å²) >= 11 is 1.12. The molecule has 9 heteroatoms. The average Bonchev–Trinajstić information content (AvgIpc) is 2.39. The van der Waals surface area contributed by atoms with Crippen LogP contribution in [0.1, 0.15) is 0 Å². The van der Waals surface area contributed by atoms with Crippen molar-refractivity contribution in [1.82, 2.24) is 9.97 Å². The standard InChI is InChI=1S/C11H8F2N4O2S/c1-20-11-14-9(18)8(10(19)15-11)17-16-7-3-2-5(12)4-6(7)13/h2-4H,1H3,(H2,14,15,18,19). The summed E-state index contributed by atoms with van der Waals surface area (Å²) in [6.45, 7) is 0. The maximum Gasteiger partial charge on any atom is 0.283 e. The van der Waals surface area contributed by atoms with Crippen molar-refractivity contribution in [2.24, 2.45) is 10.2 Å². The van der Waals surface area contributed by atoms with Crippen LogP contribution in [0.15, 0.2) is 38.4 Å². The molecular formula is C11H8F2N4O2S. The lowest BCUT2D eigenvalue weighted by Gasteiger charge is -1.99. The van der Waals surface area contributed by atoms with E-state index in [1.54, 1.807) is 6.26 Å². The zero-order valence-electron chi connectivity index (χ0n) is 10.1. The molecule has 104 valence electrons. The number of rotatable bonds is 3. The van der Waals surface area contributed by atoms with Crippen molar-refractivity contribution in [3.05, 3.63) is 40.2 Å². The normalized spacial score (nSPS) is 11.2. The highest BCUT2D eigenvalue weighted by Gasteiger charge is 2.10. The van der Waals surface area contributed by atoms with Crippen LogP contribution >= 0.6 is 11.8 Å². The summed E-state index contributed by atoms with van der Waals surface area (Å²) in [6, 6.07) is 2.69. The molecule has 0 amide bonds. The van der Waals surface area contributed by atoms with Crippen molar-refractivity contribution in [3.63, 3.8) is 0 Å². The first-order chi connectivity index (χ1) is 9.51. The maximum absolute atomic E-state index is 13.3. The topological polar surface area (TPSA) is 90.7 Å². The molecule has 0 saturated heterocycles. The van der Waals surface area contributed by atoms with Gasteiger partial charge < -0.3 is 5.11 Å². The van der Waals surface area contributed by atoms with Gasteiger partial charge in [0.15, 0.2) is 11.0 Å². The van der Waals surface area contributed by atoms with Crippen molar-refractivity contribution in [1.29, 1.82) is 0 Å². The summed E-state index contributed by atoms with van der Waals surface area (Å²) in [5, 5.41) is 16.6. The van der Waals surface area contributed by atoms with E-state index in [1.807, 2.05) is 0 Å². The van der Waals surface area contributed by atoms with Gasteiger partial charge in [-0.25, -0.2) is 8.78 Å². The van der Waals surface area contributed by atoms with E-state index in [9.17, 15) is 18.7 Å². The number of aromatic nitrogens is 2. The molecule has 1 aromatic carbocycles. The Morgan fingerprint density at radius 1 is 1.35 bits per heavy atom. The van der Waals surface area contributed by atoms with Gasteiger partial charge in [0, 0.05) is 6.07 Å². The SMILES string of the molecule is CSc1nc(O)c(N=Nc2ccc(F)cc2F)c(=O)[nH]1. The van der Waals surface area contributed by atoms with Gasteiger partial charge in [-0.15, -0.1) is 10.2 Å². The predicted molar refractivity (Wildman–Crippen MR) is 68.8 cm³/mol. The Morgan fingerprint density at radius 3 is 2.70 bits per heavy atom. The summed E-state index contributed by atoms with van der Waals surface area (Å²) in [4.78, 5) is 17.6. The Bertz CT molecular complexity index is 733. The van der Waals surface area contributed by atoms with Gasteiger partial charge >= 0.3 is 0 Å². The van der Waals surface area contributed by atoms with Gasteiger partial charge in [0.05, 0.1) is 0 Å². The van der Waals surface area contributed by atoms with E-state index >= 15 is 0 Å². The lowest BCUT2D eigenvalue weighted by Crippen LogP contribution is -2.07. The molecule has 0 aliphatic heterocycles. The van der Waals surface area contributed by atoms with Crippen LogP contribution < -0.4 is 5.56 Å². The second kappa shape index (κ2) is 5.78. The van der Waals surface area contributed by atoms with E-state index < -0.39 is 28.8 Å². The van der Waals surface area contributed by atoms with Crippen molar-refractivity contribution in [2.45, 2.75) is 5.16 Å². The third-order valence-corrected chi connectivity index (χ3v) is 2.80. The number of hydrogen-bond acceptors (Lipinski definition) is 6. The molecular weight excluding hydrogens is 290 g/mol. The monoisotopic (exact) mass is 298 g/mol. The second-order valence-electron chi connectivity index (χ2n) is 3.54. The summed E-state index contributed by atoms with van der Waals surface area (Å²) in [5.74, 6) is -2.31. The van der Waals surface area contributed by atoms with E-state index in [-0.39, 0.29) is 10.8 Å². The largest absolute Gasteiger partial charge is 0.491 e. The molecule has 0 saturated carbocycles. The third-order valence-electron chi connectivity index (χ3n) is 2.22. The molecule has 0 fully saturated rings. The van der Waals surface area contributed by atoms with Crippen LogP contribution in [-0.4, -0.2) is 21.3 Å². The van der Waals surface area contributed by atoms with Crippen LogP contribution in [0.3, 0.4) is 0 Å². The number of aromatic hydroxyl groups is 1. The first-order valence-electron chi connectivity index (χ1n) is 5.25. The quantitative estimate of drug-likeness (QED) is 0.518. The number of azo groups is 1. The molecule has 2 N–H and O–H groups in total. The highest BCUT2D eigenvalue weighted by atomic mass is 32.2. The smallest absolute Gasteiger partial charge is 0.283 e. The number of thioether (sulfide) groups is 1. The lowest BCUT2D eigenvalue weighted by molar-refractivity contribution is 0.445. The van der Waals surface area contributed by atoms with Crippen LogP contribution in [0.4, 0.5) is 20.2 Å². The van der Waals surface area contributed by atoms with Gasteiger partial charge in [0.2, 0.25) is 11.6 Å². The van der Waals surface area contributed by atoms with Crippen molar-refractivity contribution < 1.29 is 13.9 Å².